The second-order valence-corrected chi connectivity index (χ2v) is 9.93. The summed E-state index contributed by atoms with van der Waals surface area (Å²) in [7, 11) is -4.03. The Labute approximate surface area is 180 Å². The van der Waals surface area contributed by atoms with Gasteiger partial charge < -0.3 is 15.7 Å². The number of benzene rings is 2. The summed E-state index contributed by atoms with van der Waals surface area (Å²) in [6.45, 7) is 5.24. The molecule has 3 N–H and O–H groups in total. The van der Waals surface area contributed by atoms with Crippen LogP contribution in [0.15, 0.2) is 52.5 Å². The molecule has 0 radical (unpaired) electrons. The lowest BCUT2D eigenvalue weighted by Gasteiger charge is -2.38. The fourth-order valence-corrected chi connectivity index (χ4v) is 4.89. The van der Waals surface area contributed by atoms with Crippen LogP contribution in [0.3, 0.4) is 0 Å². The number of rotatable bonds is 6. The minimum Gasteiger partial charge on any atom is -0.486 e. The van der Waals surface area contributed by atoms with E-state index < -0.39 is 26.5 Å². The molecule has 1 heterocycles. The second kappa shape index (κ2) is 8.06. The van der Waals surface area contributed by atoms with E-state index in [9.17, 15) is 18.5 Å². The molecule has 0 aromatic heterocycles. The number of nitro groups is 1. The predicted octanol–water partition coefficient (Wildman–Crippen LogP) is 3.02. The lowest BCUT2D eigenvalue weighted by molar-refractivity contribution is -0.384. The van der Waals surface area contributed by atoms with E-state index in [1.54, 1.807) is 26.0 Å². The molecule has 0 aliphatic carbocycles. The Morgan fingerprint density at radius 3 is 2.55 bits per heavy atom. The molecule has 1 atom stereocenters. The van der Waals surface area contributed by atoms with E-state index in [1.165, 1.54) is 30.3 Å². The lowest BCUT2D eigenvalue weighted by Crippen LogP contribution is -2.47. The summed E-state index contributed by atoms with van der Waals surface area (Å²) in [5, 5.41) is 23.4. The zero-order valence-electron chi connectivity index (χ0n) is 17.3. The molecule has 166 valence electrons. The maximum Gasteiger partial charge on any atom is 0.271 e. The van der Waals surface area contributed by atoms with E-state index in [0.29, 0.717) is 0 Å². The van der Waals surface area contributed by atoms with Gasteiger partial charge in [0.25, 0.3) is 15.7 Å². The van der Waals surface area contributed by atoms with Gasteiger partial charge in [-0.2, -0.15) is 0 Å². The van der Waals surface area contributed by atoms with Crippen LogP contribution < -0.4 is 14.8 Å². The van der Waals surface area contributed by atoms with Crippen LogP contribution in [0.25, 0.3) is 0 Å². The highest BCUT2D eigenvalue weighted by atomic mass is 32.2. The van der Waals surface area contributed by atoms with E-state index in [-0.39, 0.29) is 40.8 Å². The fourth-order valence-electron chi connectivity index (χ4n) is 3.39. The van der Waals surface area contributed by atoms with Gasteiger partial charge >= 0.3 is 0 Å². The van der Waals surface area contributed by atoms with E-state index >= 15 is 0 Å². The Hall–Kier alpha value is -3.34. The first-order valence-electron chi connectivity index (χ1n) is 9.48. The smallest absolute Gasteiger partial charge is 0.271 e. The normalized spacial score (nSPS) is 17.1. The standard InChI is InChI=1S/C20H24N4O6S/c1-13-4-7-16(8-5-13)31(28,29)23-12-15(11-20(2,3)19(21)22-25)30-18-9-6-14(24(26)27)10-17(18)23/h4-10,15,25H,11-12H2,1-3H3,(H2,21,22)/t15-/m0/s1. The van der Waals surface area contributed by atoms with Crippen molar-refractivity contribution in [2.75, 3.05) is 10.8 Å². The number of fused-ring (bicyclic) bond motifs is 1. The van der Waals surface area contributed by atoms with Crippen molar-refractivity contribution in [3.05, 3.63) is 58.1 Å². The predicted molar refractivity (Wildman–Crippen MR) is 115 cm³/mol. The molecule has 0 fully saturated rings. The minimum atomic E-state index is -4.03. The maximum absolute atomic E-state index is 13.5. The van der Waals surface area contributed by atoms with Crippen LogP contribution in [-0.2, 0) is 10.0 Å². The molecule has 0 amide bonds. The van der Waals surface area contributed by atoms with Crippen LogP contribution in [-0.4, -0.2) is 37.0 Å². The summed E-state index contributed by atoms with van der Waals surface area (Å²) < 4.78 is 34.0. The third-order valence-corrected chi connectivity index (χ3v) is 7.03. The lowest BCUT2D eigenvalue weighted by atomic mass is 9.85. The number of non-ortho nitro benzene ring substituents is 1. The molecule has 1 aliphatic heterocycles. The molecule has 10 nitrogen and oxygen atoms in total. The third kappa shape index (κ3) is 4.41. The molecule has 0 saturated heterocycles. The Kier molecular flexibility index (Phi) is 5.81. The van der Waals surface area contributed by atoms with E-state index in [1.807, 2.05) is 6.92 Å². The van der Waals surface area contributed by atoms with Gasteiger partial charge in [0.15, 0.2) is 0 Å². The van der Waals surface area contributed by atoms with Gasteiger partial charge in [-0.1, -0.05) is 36.7 Å². The van der Waals surface area contributed by atoms with E-state index in [0.717, 1.165) is 9.87 Å². The average Bonchev–Trinajstić information content (AvgIpc) is 2.72. The maximum atomic E-state index is 13.5. The topological polar surface area (TPSA) is 148 Å². The van der Waals surface area contributed by atoms with E-state index in [2.05, 4.69) is 5.16 Å². The number of nitrogens with zero attached hydrogens (tertiary/aromatic N) is 3. The summed E-state index contributed by atoms with van der Waals surface area (Å²) >= 11 is 0. The monoisotopic (exact) mass is 448 g/mol. The van der Waals surface area contributed by atoms with Gasteiger partial charge in [0.05, 0.1) is 16.4 Å². The van der Waals surface area contributed by atoms with Gasteiger partial charge in [-0.3, -0.25) is 14.4 Å². The molecular formula is C20H24N4O6S. The Morgan fingerprint density at radius 1 is 1.32 bits per heavy atom. The van der Waals surface area contributed by atoms with Crippen molar-refractivity contribution in [3.8, 4) is 5.75 Å². The van der Waals surface area contributed by atoms with Crippen LogP contribution in [0.1, 0.15) is 25.8 Å². The highest BCUT2D eigenvalue weighted by molar-refractivity contribution is 7.92. The Bertz CT molecular complexity index is 1130. The van der Waals surface area contributed by atoms with Gasteiger partial charge in [-0.25, -0.2) is 8.42 Å². The first-order chi connectivity index (χ1) is 14.5. The minimum absolute atomic E-state index is 0.0152. The first-order valence-corrected chi connectivity index (χ1v) is 10.9. The number of sulfonamides is 1. The zero-order chi connectivity index (χ0) is 23.0. The van der Waals surface area contributed by atoms with Crippen molar-refractivity contribution < 1.29 is 23.3 Å². The van der Waals surface area contributed by atoms with Crippen LogP contribution in [0.5, 0.6) is 5.75 Å². The molecule has 31 heavy (non-hydrogen) atoms. The van der Waals surface area contributed by atoms with Gasteiger partial charge in [-0.05, 0) is 31.5 Å². The number of amidine groups is 1. The molecule has 0 unspecified atom stereocenters. The van der Waals surface area contributed by atoms with Crippen molar-refractivity contribution >= 4 is 27.2 Å². The van der Waals surface area contributed by atoms with Crippen LogP contribution in [0.4, 0.5) is 11.4 Å². The fraction of sp³-hybridized carbons (Fsp3) is 0.350. The number of hydrogen-bond acceptors (Lipinski definition) is 7. The number of nitro benzene ring substituents is 1. The first kappa shape index (κ1) is 22.3. The summed E-state index contributed by atoms with van der Waals surface area (Å²) in [4.78, 5) is 10.7. The molecule has 2 aromatic rings. The summed E-state index contributed by atoms with van der Waals surface area (Å²) in [5.41, 5.74) is 5.74. The second-order valence-electron chi connectivity index (χ2n) is 8.07. The van der Waals surface area contributed by atoms with Crippen LogP contribution in [0.2, 0.25) is 0 Å². The molecule has 2 aromatic carbocycles. The van der Waals surface area contributed by atoms with Crippen LogP contribution in [0, 0.1) is 22.5 Å². The highest BCUT2D eigenvalue weighted by Crippen LogP contribution is 2.41. The number of hydrogen-bond donors (Lipinski definition) is 2. The average molecular weight is 449 g/mol. The largest absolute Gasteiger partial charge is 0.486 e. The SMILES string of the molecule is Cc1ccc(S(=O)(=O)N2C[C@H](CC(C)(C)C(N)=NO)Oc3ccc([N+](=O)[O-])cc32)cc1. The zero-order valence-corrected chi connectivity index (χ0v) is 18.2. The summed E-state index contributed by atoms with van der Waals surface area (Å²) in [6, 6.07) is 10.2. The molecule has 0 bridgehead atoms. The van der Waals surface area contributed by atoms with E-state index in [4.69, 9.17) is 15.7 Å². The molecule has 11 heteroatoms. The Morgan fingerprint density at radius 2 is 1.97 bits per heavy atom. The van der Waals surface area contributed by atoms with Crippen molar-refractivity contribution in [2.24, 2.45) is 16.3 Å². The van der Waals surface area contributed by atoms with Crippen LogP contribution >= 0.6 is 0 Å². The van der Waals surface area contributed by atoms with Crippen molar-refractivity contribution in [3.63, 3.8) is 0 Å². The Balaban J connectivity index is 2.08. The third-order valence-electron chi connectivity index (χ3n) is 5.23. The van der Waals surface area contributed by atoms with Crippen molar-refractivity contribution in [1.82, 2.24) is 0 Å². The van der Waals surface area contributed by atoms with Gasteiger partial charge in [0, 0.05) is 17.5 Å². The molecule has 1 aliphatic rings. The van der Waals surface area contributed by atoms with Crippen molar-refractivity contribution in [2.45, 2.75) is 38.2 Å². The van der Waals surface area contributed by atoms with Gasteiger partial charge in [0.1, 0.15) is 23.4 Å². The number of anilines is 1. The number of aryl methyl sites for hydroxylation is 1. The molecular weight excluding hydrogens is 424 g/mol. The number of ether oxygens (including phenoxy) is 1. The molecule has 0 spiro atoms. The highest BCUT2D eigenvalue weighted by Gasteiger charge is 2.39. The van der Waals surface area contributed by atoms with Gasteiger partial charge in [-0.15, -0.1) is 0 Å². The summed E-state index contributed by atoms with van der Waals surface area (Å²) in [5.74, 6) is 0.186. The quantitative estimate of drug-likeness (QED) is 0.227. The van der Waals surface area contributed by atoms with Gasteiger partial charge in [0.2, 0.25) is 0 Å². The van der Waals surface area contributed by atoms with Crippen molar-refractivity contribution in [1.29, 1.82) is 0 Å². The molecule has 0 saturated carbocycles. The summed E-state index contributed by atoms with van der Waals surface area (Å²) in [6.07, 6.45) is -0.385. The number of nitrogens with two attached hydrogens (primary N) is 1. The number of oxime groups is 1. The molecule has 3 rings (SSSR count).